The van der Waals surface area contributed by atoms with Crippen molar-refractivity contribution in [3.63, 3.8) is 0 Å². The van der Waals surface area contributed by atoms with Gasteiger partial charge in [-0.2, -0.15) is 0 Å². The Kier molecular flexibility index (Phi) is 5.27. The molecule has 14 heavy (non-hydrogen) atoms. The van der Waals surface area contributed by atoms with Gasteiger partial charge in [0.15, 0.2) is 0 Å². The molecule has 0 saturated heterocycles. The minimum atomic E-state index is 0.201. The zero-order valence-electron chi connectivity index (χ0n) is 8.74. The molecule has 0 bridgehead atoms. The normalized spacial score (nSPS) is 12.7. The highest BCUT2D eigenvalue weighted by Crippen LogP contribution is 2.17. The molecule has 78 valence electrons. The van der Waals surface area contributed by atoms with Gasteiger partial charge in [-0.15, -0.1) is 0 Å². The summed E-state index contributed by atoms with van der Waals surface area (Å²) in [6, 6.07) is 10.8. The summed E-state index contributed by atoms with van der Waals surface area (Å²) in [5, 5.41) is 12.1. The first-order valence-corrected chi connectivity index (χ1v) is 5.27. The van der Waals surface area contributed by atoms with Crippen molar-refractivity contribution < 1.29 is 5.11 Å². The molecule has 0 fully saturated rings. The number of hydrogen-bond acceptors (Lipinski definition) is 2. The second kappa shape index (κ2) is 6.57. The molecule has 0 radical (unpaired) electrons. The van der Waals surface area contributed by atoms with Crippen LogP contribution in [0, 0.1) is 0 Å². The summed E-state index contributed by atoms with van der Waals surface area (Å²) in [5.74, 6) is 0. The molecule has 0 aromatic heterocycles. The van der Waals surface area contributed by atoms with E-state index in [1.54, 1.807) is 0 Å². The van der Waals surface area contributed by atoms with Crippen LogP contribution in [0.2, 0.25) is 0 Å². The third-order valence-electron chi connectivity index (χ3n) is 2.28. The Morgan fingerprint density at radius 3 is 2.57 bits per heavy atom. The van der Waals surface area contributed by atoms with E-state index < -0.39 is 0 Å². The standard InChI is InChI=1S/C12H19NO/c1-2-6-12(13-9-10-14)11-7-4-3-5-8-11/h3-5,7-8,12-14H,2,6,9-10H2,1H3/t12-/m1/s1. The topological polar surface area (TPSA) is 32.3 Å². The van der Waals surface area contributed by atoms with E-state index in [2.05, 4.69) is 36.5 Å². The molecule has 2 heteroatoms. The number of aliphatic hydroxyl groups excluding tert-OH is 1. The number of rotatable bonds is 6. The zero-order valence-corrected chi connectivity index (χ0v) is 8.74. The van der Waals surface area contributed by atoms with Crippen LogP contribution in [0.5, 0.6) is 0 Å². The molecule has 0 unspecified atom stereocenters. The fourth-order valence-electron chi connectivity index (χ4n) is 1.60. The summed E-state index contributed by atoms with van der Waals surface area (Å²) in [5.41, 5.74) is 1.31. The van der Waals surface area contributed by atoms with Crippen LogP contribution in [0.15, 0.2) is 30.3 Å². The van der Waals surface area contributed by atoms with E-state index in [9.17, 15) is 0 Å². The third-order valence-corrected chi connectivity index (χ3v) is 2.28. The maximum atomic E-state index is 8.77. The summed E-state index contributed by atoms with van der Waals surface area (Å²) in [7, 11) is 0. The molecule has 0 aliphatic rings. The number of hydrogen-bond donors (Lipinski definition) is 2. The molecule has 0 aliphatic carbocycles. The van der Waals surface area contributed by atoms with Crippen molar-refractivity contribution in [1.29, 1.82) is 0 Å². The molecular formula is C12H19NO. The molecule has 0 saturated carbocycles. The van der Waals surface area contributed by atoms with E-state index in [0.29, 0.717) is 12.6 Å². The van der Waals surface area contributed by atoms with Crippen molar-refractivity contribution in [2.75, 3.05) is 13.2 Å². The minimum absolute atomic E-state index is 0.201. The van der Waals surface area contributed by atoms with Crippen LogP contribution >= 0.6 is 0 Å². The molecule has 0 aliphatic heterocycles. The van der Waals surface area contributed by atoms with Gasteiger partial charge in [-0.3, -0.25) is 0 Å². The molecule has 2 nitrogen and oxygen atoms in total. The highest BCUT2D eigenvalue weighted by molar-refractivity contribution is 5.18. The number of benzene rings is 1. The molecular weight excluding hydrogens is 174 g/mol. The van der Waals surface area contributed by atoms with Crippen LogP contribution in [0.4, 0.5) is 0 Å². The summed E-state index contributed by atoms with van der Waals surface area (Å²) in [6.07, 6.45) is 2.27. The average molecular weight is 193 g/mol. The van der Waals surface area contributed by atoms with Crippen molar-refractivity contribution in [3.05, 3.63) is 35.9 Å². The van der Waals surface area contributed by atoms with Gasteiger partial charge in [0.25, 0.3) is 0 Å². The second-order valence-electron chi connectivity index (χ2n) is 3.43. The molecule has 0 spiro atoms. The average Bonchev–Trinajstić information content (AvgIpc) is 2.25. The Bertz CT molecular complexity index is 235. The Morgan fingerprint density at radius 2 is 2.00 bits per heavy atom. The van der Waals surface area contributed by atoms with Crippen LogP contribution < -0.4 is 5.32 Å². The van der Waals surface area contributed by atoms with Gasteiger partial charge in [0.05, 0.1) is 6.61 Å². The molecule has 1 atom stereocenters. The maximum Gasteiger partial charge on any atom is 0.0556 e. The van der Waals surface area contributed by atoms with Crippen molar-refractivity contribution >= 4 is 0 Å². The largest absolute Gasteiger partial charge is 0.395 e. The van der Waals surface area contributed by atoms with Gasteiger partial charge in [-0.25, -0.2) is 0 Å². The van der Waals surface area contributed by atoms with E-state index in [1.165, 1.54) is 5.56 Å². The summed E-state index contributed by atoms with van der Waals surface area (Å²) < 4.78 is 0. The first-order chi connectivity index (χ1) is 6.88. The fraction of sp³-hybridized carbons (Fsp3) is 0.500. The Labute approximate surface area is 86.0 Å². The fourth-order valence-corrected chi connectivity index (χ4v) is 1.60. The molecule has 2 N–H and O–H groups in total. The Morgan fingerprint density at radius 1 is 1.29 bits per heavy atom. The first-order valence-electron chi connectivity index (χ1n) is 5.27. The predicted octanol–water partition coefficient (Wildman–Crippen LogP) is 2.11. The van der Waals surface area contributed by atoms with Crippen molar-refractivity contribution in [2.24, 2.45) is 0 Å². The number of aliphatic hydroxyl groups is 1. The monoisotopic (exact) mass is 193 g/mol. The highest BCUT2D eigenvalue weighted by Gasteiger charge is 2.07. The lowest BCUT2D eigenvalue weighted by Crippen LogP contribution is -2.24. The zero-order chi connectivity index (χ0) is 10.2. The molecule has 1 aromatic carbocycles. The van der Waals surface area contributed by atoms with Gasteiger partial charge in [0.1, 0.15) is 0 Å². The van der Waals surface area contributed by atoms with E-state index >= 15 is 0 Å². The van der Waals surface area contributed by atoms with E-state index in [-0.39, 0.29) is 6.61 Å². The van der Waals surface area contributed by atoms with Gasteiger partial charge >= 0.3 is 0 Å². The Balaban J connectivity index is 2.58. The van der Waals surface area contributed by atoms with E-state index in [1.807, 2.05) is 6.07 Å². The van der Waals surface area contributed by atoms with Gasteiger partial charge in [0.2, 0.25) is 0 Å². The smallest absolute Gasteiger partial charge is 0.0556 e. The van der Waals surface area contributed by atoms with Crippen molar-refractivity contribution in [2.45, 2.75) is 25.8 Å². The van der Waals surface area contributed by atoms with E-state index in [4.69, 9.17) is 5.11 Å². The van der Waals surface area contributed by atoms with Crippen molar-refractivity contribution in [3.8, 4) is 0 Å². The lowest BCUT2D eigenvalue weighted by Gasteiger charge is -2.17. The van der Waals surface area contributed by atoms with Crippen LogP contribution in [0.25, 0.3) is 0 Å². The summed E-state index contributed by atoms with van der Waals surface area (Å²) in [6.45, 7) is 3.04. The lowest BCUT2D eigenvalue weighted by molar-refractivity contribution is 0.282. The SMILES string of the molecule is CCC[C@@H](NCCO)c1ccccc1. The lowest BCUT2D eigenvalue weighted by atomic mass is 10.0. The molecule has 1 aromatic rings. The quantitative estimate of drug-likeness (QED) is 0.725. The van der Waals surface area contributed by atoms with Crippen LogP contribution in [-0.2, 0) is 0 Å². The summed E-state index contributed by atoms with van der Waals surface area (Å²) in [4.78, 5) is 0. The third kappa shape index (κ3) is 3.48. The second-order valence-corrected chi connectivity index (χ2v) is 3.43. The molecule has 1 rings (SSSR count). The molecule has 0 heterocycles. The maximum absolute atomic E-state index is 8.77. The van der Waals surface area contributed by atoms with Gasteiger partial charge in [0, 0.05) is 12.6 Å². The van der Waals surface area contributed by atoms with Crippen molar-refractivity contribution in [1.82, 2.24) is 5.32 Å². The molecule has 0 amide bonds. The van der Waals surface area contributed by atoms with E-state index in [0.717, 1.165) is 12.8 Å². The highest BCUT2D eigenvalue weighted by atomic mass is 16.3. The summed E-state index contributed by atoms with van der Waals surface area (Å²) >= 11 is 0. The van der Waals surface area contributed by atoms with Gasteiger partial charge < -0.3 is 10.4 Å². The van der Waals surface area contributed by atoms with Gasteiger partial charge in [-0.1, -0.05) is 43.7 Å². The Hall–Kier alpha value is -0.860. The van der Waals surface area contributed by atoms with Crippen LogP contribution in [0.3, 0.4) is 0 Å². The predicted molar refractivity (Wildman–Crippen MR) is 59.2 cm³/mol. The first kappa shape index (κ1) is 11.2. The van der Waals surface area contributed by atoms with Gasteiger partial charge in [-0.05, 0) is 12.0 Å². The number of nitrogens with one attached hydrogen (secondary N) is 1. The van der Waals surface area contributed by atoms with Crippen LogP contribution in [0.1, 0.15) is 31.4 Å². The van der Waals surface area contributed by atoms with Crippen LogP contribution in [-0.4, -0.2) is 18.3 Å². The minimum Gasteiger partial charge on any atom is -0.395 e.